The summed E-state index contributed by atoms with van der Waals surface area (Å²) in [5, 5.41) is 0.929. The zero-order valence-electron chi connectivity index (χ0n) is 11.1. The zero-order chi connectivity index (χ0) is 13.9. The van der Waals surface area contributed by atoms with Crippen molar-refractivity contribution in [1.82, 2.24) is 9.97 Å². The molecular weight excluding hydrogens is 254 g/mol. The highest BCUT2D eigenvalue weighted by atomic mass is 16.5. The molecule has 0 atom stereocenters. The number of hydrogen-bond acceptors (Lipinski definition) is 3. The molecule has 1 aliphatic rings. The third-order valence-electron chi connectivity index (χ3n) is 3.57. The van der Waals surface area contributed by atoms with Gasteiger partial charge in [0.1, 0.15) is 11.4 Å². The third-order valence-corrected chi connectivity index (χ3v) is 3.57. The summed E-state index contributed by atoms with van der Waals surface area (Å²) in [6.45, 7) is 0. The molecule has 5 nitrogen and oxygen atoms in total. The topological polar surface area (TPSA) is 81.0 Å². The number of aromatic amines is 1. The molecule has 0 aliphatic heterocycles. The van der Waals surface area contributed by atoms with Crippen LogP contribution in [0.3, 0.4) is 0 Å². The second-order valence-electron chi connectivity index (χ2n) is 5.07. The van der Waals surface area contributed by atoms with Gasteiger partial charge in [0.25, 0.3) is 0 Å². The molecule has 2 aromatic heterocycles. The van der Waals surface area contributed by atoms with Crippen molar-refractivity contribution in [2.75, 3.05) is 0 Å². The van der Waals surface area contributed by atoms with E-state index in [2.05, 4.69) is 9.97 Å². The number of amides is 1. The summed E-state index contributed by atoms with van der Waals surface area (Å²) in [6.07, 6.45) is 11.6. The van der Waals surface area contributed by atoms with E-state index >= 15 is 0 Å². The van der Waals surface area contributed by atoms with Gasteiger partial charge in [0, 0.05) is 23.2 Å². The second-order valence-corrected chi connectivity index (χ2v) is 5.07. The normalized spacial score (nSPS) is 16.2. The number of ether oxygens (including phenoxy) is 1. The molecule has 1 aliphatic carbocycles. The van der Waals surface area contributed by atoms with E-state index in [-0.39, 0.29) is 0 Å². The number of rotatable bonds is 4. The maximum atomic E-state index is 10.8. The summed E-state index contributed by atoms with van der Waals surface area (Å²) >= 11 is 0. The Balaban J connectivity index is 1.88. The van der Waals surface area contributed by atoms with Crippen LogP contribution in [-0.4, -0.2) is 22.0 Å². The maximum Gasteiger partial charge on any atom is 0.241 e. The highest BCUT2D eigenvalue weighted by Gasteiger charge is 2.17. The van der Waals surface area contributed by atoms with Crippen LogP contribution in [0.1, 0.15) is 31.2 Å². The number of carbonyl (C=O) groups is 1. The van der Waals surface area contributed by atoms with Gasteiger partial charge in [-0.3, -0.25) is 4.79 Å². The summed E-state index contributed by atoms with van der Waals surface area (Å²) in [6, 6.07) is 1.96. The van der Waals surface area contributed by atoms with Crippen LogP contribution >= 0.6 is 0 Å². The van der Waals surface area contributed by atoms with E-state index in [0.717, 1.165) is 35.2 Å². The number of hydrogen-bond donors (Lipinski definition) is 2. The lowest BCUT2D eigenvalue weighted by molar-refractivity contribution is -0.113. The fraction of sp³-hybridized carbons (Fsp3) is 0.333. The van der Waals surface area contributed by atoms with Crippen molar-refractivity contribution in [1.29, 1.82) is 0 Å². The molecule has 1 saturated carbocycles. The van der Waals surface area contributed by atoms with E-state index in [1.54, 1.807) is 18.5 Å². The van der Waals surface area contributed by atoms with Gasteiger partial charge in [-0.1, -0.05) is 0 Å². The molecule has 3 N–H and O–H groups in total. The molecule has 0 radical (unpaired) electrons. The lowest BCUT2D eigenvalue weighted by Gasteiger charge is -2.12. The minimum atomic E-state index is -0.467. The lowest BCUT2D eigenvalue weighted by Crippen LogP contribution is -2.10. The minimum absolute atomic E-state index is 0.304. The number of H-pyrrole nitrogens is 1. The average molecular weight is 271 g/mol. The number of nitrogens with one attached hydrogen (secondary N) is 1. The highest BCUT2D eigenvalue weighted by molar-refractivity contribution is 5.94. The van der Waals surface area contributed by atoms with Gasteiger partial charge < -0.3 is 15.5 Å². The quantitative estimate of drug-likeness (QED) is 0.838. The number of nitrogens with two attached hydrogens (primary N) is 1. The Hall–Kier alpha value is -2.30. The number of carbonyl (C=O) groups excluding carboxylic acids is 1. The molecule has 0 spiro atoms. The summed E-state index contributed by atoms with van der Waals surface area (Å²) in [7, 11) is 0. The monoisotopic (exact) mass is 271 g/mol. The molecule has 20 heavy (non-hydrogen) atoms. The Kier molecular flexibility index (Phi) is 3.41. The molecule has 2 aromatic rings. The van der Waals surface area contributed by atoms with Gasteiger partial charge in [-0.05, 0) is 37.8 Å². The standard InChI is InChI=1S/C15H17N3O2/c16-14(19)6-5-10-8-17-15-13(10)7-12(9-18-15)20-11-3-1-2-4-11/h5-9,11H,1-4H2,(H2,16,19)(H,17,18)/b6-5+. The van der Waals surface area contributed by atoms with Gasteiger partial charge in [0.05, 0.1) is 12.3 Å². The average Bonchev–Trinajstić information content (AvgIpc) is 3.05. The van der Waals surface area contributed by atoms with Crippen molar-refractivity contribution in [3.05, 3.63) is 30.1 Å². The van der Waals surface area contributed by atoms with Crippen molar-refractivity contribution in [3.8, 4) is 5.75 Å². The number of fused-ring (bicyclic) bond motifs is 1. The number of primary amides is 1. The lowest BCUT2D eigenvalue weighted by atomic mass is 10.2. The molecule has 5 heteroatoms. The zero-order valence-corrected chi connectivity index (χ0v) is 11.1. The Bertz CT molecular complexity index is 654. The summed E-state index contributed by atoms with van der Waals surface area (Å²) < 4.78 is 5.94. The van der Waals surface area contributed by atoms with Crippen LogP contribution < -0.4 is 10.5 Å². The van der Waals surface area contributed by atoms with E-state index in [4.69, 9.17) is 10.5 Å². The fourth-order valence-electron chi connectivity index (χ4n) is 2.58. The van der Waals surface area contributed by atoms with E-state index in [0.29, 0.717) is 6.10 Å². The first-order chi connectivity index (χ1) is 9.72. The number of nitrogens with zero attached hydrogens (tertiary/aromatic N) is 1. The Morgan fingerprint density at radius 1 is 1.45 bits per heavy atom. The molecule has 1 fully saturated rings. The van der Waals surface area contributed by atoms with Gasteiger partial charge in [0.15, 0.2) is 0 Å². The first-order valence-corrected chi connectivity index (χ1v) is 6.83. The van der Waals surface area contributed by atoms with E-state index in [9.17, 15) is 4.79 Å². The van der Waals surface area contributed by atoms with Crippen LogP contribution in [0, 0.1) is 0 Å². The predicted molar refractivity (Wildman–Crippen MR) is 77.2 cm³/mol. The SMILES string of the molecule is NC(=O)/C=C/c1c[nH]c2ncc(OC3CCCC3)cc12. The molecular formula is C15H17N3O2. The third kappa shape index (κ3) is 2.66. The molecule has 0 bridgehead atoms. The first kappa shape index (κ1) is 12.7. The Labute approximate surface area is 116 Å². The van der Waals surface area contributed by atoms with Crippen LogP contribution in [0.5, 0.6) is 5.75 Å². The van der Waals surface area contributed by atoms with Crippen molar-refractivity contribution in [2.24, 2.45) is 5.73 Å². The number of pyridine rings is 1. The summed E-state index contributed by atoms with van der Waals surface area (Å²) in [4.78, 5) is 18.2. The van der Waals surface area contributed by atoms with Crippen LogP contribution in [-0.2, 0) is 4.79 Å². The van der Waals surface area contributed by atoms with Gasteiger partial charge >= 0.3 is 0 Å². The predicted octanol–water partition coefficient (Wildman–Crippen LogP) is 2.38. The smallest absolute Gasteiger partial charge is 0.241 e. The van der Waals surface area contributed by atoms with Crippen molar-refractivity contribution < 1.29 is 9.53 Å². The van der Waals surface area contributed by atoms with Crippen molar-refractivity contribution >= 4 is 23.0 Å². The summed E-state index contributed by atoms with van der Waals surface area (Å²) in [5.41, 5.74) is 6.76. The van der Waals surface area contributed by atoms with Gasteiger partial charge in [-0.25, -0.2) is 4.98 Å². The Morgan fingerprint density at radius 2 is 2.25 bits per heavy atom. The van der Waals surface area contributed by atoms with Crippen molar-refractivity contribution in [3.63, 3.8) is 0 Å². The maximum absolute atomic E-state index is 10.8. The highest BCUT2D eigenvalue weighted by Crippen LogP contribution is 2.27. The molecule has 3 rings (SSSR count). The molecule has 1 amide bonds. The molecule has 0 unspecified atom stereocenters. The van der Waals surface area contributed by atoms with E-state index in [1.807, 2.05) is 6.07 Å². The molecule has 0 aromatic carbocycles. The van der Waals surface area contributed by atoms with Gasteiger partial charge in [-0.15, -0.1) is 0 Å². The van der Waals surface area contributed by atoms with Gasteiger partial charge in [0.2, 0.25) is 5.91 Å². The van der Waals surface area contributed by atoms with Crippen LogP contribution in [0.4, 0.5) is 0 Å². The number of aromatic nitrogens is 2. The minimum Gasteiger partial charge on any atom is -0.489 e. The second kappa shape index (κ2) is 5.36. The van der Waals surface area contributed by atoms with Gasteiger partial charge in [-0.2, -0.15) is 0 Å². The largest absolute Gasteiger partial charge is 0.489 e. The Morgan fingerprint density at radius 3 is 3.00 bits per heavy atom. The van der Waals surface area contributed by atoms with Crippen molar-refractivity contribution in [2.45, 2.75) is 31.8 Å². The molecule has 0 saturated heterocycles. The van der Waals surface area contributed by atoms with E-state index in [1.165, 1.54) is 18.9 Å². The molecule has 2 heterocycles. The van der Waals surface area contributed by atoms with Crippen LogP contribution in [0.25, 0.3) is 17.1 Å². The van der Waals surface area contributed by atoms with Crippen LogP contribution in [0.15, 0.2) is 24.5 Å². The fourth-order valence-corrected chi connectivity index (χ4v) is 2.58. The van der Waals surface area contributed by atoms with E-state index < -0.39 is 5.91 Å². The molecule has 104 valence electrons. The summed E-state index contributed by atoms with van der Waals surface area (Å²) in [5.74, 6) is 0.309. The van der Waals surface area contributed by atoms with Crippen LogP contribution in [0.2, 0.25) is 0 Å². The first-order valence-electron chi connectivity index (χ1n) is 6.83.